The van der Waals surface area contributed by atoms with Crippen LogP contribution in [0.15, 0.2) is 49.0 Å². The van der Waals surface area contributed by atoms with Crippen LogP contribution in [0.5, 0.6) is 5.75 Å². The monoisotopic (exact) mass is 468 g/mol. The number of halogens is 1. The smallest absolute Gasteiger partial charge is 0.236 e. The zero-order valence-electron chi connectivity index (χ0n) is 18.5. The quantitative estimate of drug-likeness (QED) is 0.636. The maximum absolute atomic E-state index is 12.8. The highest BCUT2D eigenvalue weighted by Gasteiger charge is 2.31. The summed E-state index contributed by atoms with van der Waals surface area (Å²) in [6, 6.07) is 12.9. The van der Waals surface area contributed by atoms with Crippen molar-refractivity contribution in [2.45, 2.75) is 6.42 Å². The summed E-state index contributed by atoms with van der Waals surface area (Å²) in [4.78, 5) is 31.7. The predicted molar refractivity (Wildman–Crippen MR) is 132 cm³/mol. The number of phenolic OH excluding ortho intramolecular Hbond substituents is 1. The van der Waals surface area contributed by atoms with Gasteiger partial charge in [0.25, 0.3) is 0 Å². The Kier molecular flexibility index (Phi) is 7.20. The lowest BCUT2D eigenvalue weighted by Crippen LogP contribution is -2.51. The number of amides is 2. The Hall–Kier alpha value is -3.03. The van der Waals surface area contributed by atoms with Crippen LogP contribution in [0.4, 0.5) is 11.4 Å². The number of nitrogens with zero attached hydrogens (tertiary/aromatic N) is 3. The molecule has 1 atom stereocenters. The SMILES string of the molecule is C=Cc1cccc(N2CCN(C(=O)CN3CCC(C(=O)Nc4ccc(O)c(Cl)c4)C3)CC2)c1. The molecular weight excluding hydrogens is 440 g/mol. The van der Waals surface area contributed by atoms with Crippen LogP contribution in [0.25, 0.3) is 6.08 Å². The number of aromatic hydroxyl groups is 1. The van der Waals surface area contributed by atoms with E-state index in [9.17, 15) is 14.7 Å². The molecule has 2 fully saturated rings. The van der Waals surface area contributed by atoms with E-state index in [0.717, 1.165) is 24.3 Å². The van der Waals surface area contributed by atoms with Crippen LogP contribution in [0.1, 0.15) is 12.0 Å². The van der Waals surface area contributed by atoms with Gasteiger partial charge in [-0.2, -0.15) is 0 Å². The third kappa shape index (κ3) is 5.67. The lowest BCUT2D eigenvalue weighted by Gasteiger charge is -2.37. The van der Waals surface area contributed by atoms with Gasteiger partial charge in [-0.05, 0) is 48.9 Å². The van der Waals surface area contributed by atoms with Crippen molar-refractivity contribution in [2.24, 2.45) is 5.92 Å². The number of anilines is 2. The van der Waals surface area contributed by atoms with Crippen LogP contribution in [0.2, 0.25) is 5.02 Å². The number of benzene rings is 2. The zero-order valence-corrected chi connectivity index (χ0v) is 19.3. The minimum absolute atomic E-state index is 0.0219. The van der Waals surface area contributed by atoms with Crippen LogP contribution >= 0.6 is 11.6 Å². The Morgan fingerprint density at radius 3 is 2.64 bits per heavy atom. The minimum atomic E-state index is -0.181. The van der Waals surface area contributed by atoms with Gasteiger partial charge in [-0.25, -0.2) is 0 Å². The molecule has 2 aromatic rings. The van der Waals surface area contributed by atoms with Gasteiger partial charge in [0, 0.05) is 44.1 Å². The highest BCUT2D eigenvalue weighted by Crippen LogP contribution is 2.27. The molecule has 1 unspecified atom stereocenters. The second kappa shape index (κ2) is 10.3. The van der Waals surface area contributed by atoms with Crippen LogP contribution in [-0.4, -0.2) is 72.5 Å². The van der Waals surface area contributed by atoms with Crippen molar-refractivity contribution in [1.82, 2.24) is 9.80 Å². The molecule has 8 heteroatoms. The second-order valence-electron chi connectivity index (χ2n) is 8.54. The van der Waals surface area contributed by atoms with Crippen LogP contribution in [0.3, 0.4) is 0 Å². The molecule has 2 heterocycles. The molecule has 0 spiro atoms. The predicted octanol–water partition coefficient (Wildman–Crippen LogP) is 3.30. The van der Waals surface area contributed by atoms with Crippen LogP contribution in [-0.2, 0) is 9.59 Å². The normalized spacial score (nSPS) is 18.9. The first kappa shape index (κ1) is 23.1. The lowest BCUT2D eigenvalue weighted by molar-refractivity contribution is -0.132. The largest absolute Gasteiger partial charge is 0.506 e. The van der Waals surface area contributed by atoms with Gasteiger partial charge in [-0.3, -0.25) is 14.5 Å². The molecule has 2 saturated heterocycles. The minimum Gasteiger partial charge on any atom is -0.506 e. The van der Waals surface area contributed by atoms with E-state index in [-0.39, 0.29) is 28.5 Å². The summed E-state index contributed by atoms with van der Waals surface area (Å²) in [6.07, 6.45) is 2.55. The van der Waals surface area contributed by atoms with Crippen molar-refractivity contribution < 1.29 is 14.7 Å². The first-order valence-corrected chi connectivity index (χ1v) is 11.6. The third-order valence-electron chi connectivity index (χ3n) is 6.32. The molecule has 2 amide bonds. The molecule has 33 heavy (non-hydrogen) atoms. The molecular formula is C25H29ClN4O3. The average molecular weight is 469 g/mol. The van der Waals surface area contributed by atoms with E-state index in [4.69, 9.17) is 11.6 Å². The topological polar surface area (TPSA) is 76.1 Å². The van der Waals surface area contributed by atoms with E-state index >= 15 is 0 Å². The van der Waals surface area contributed by atoms with Crippen molar-refractivity contribution in [2.75, 3.05) is 56.0 Å². The summed E-state index contributed by atoms with van der Waals surface area (Å²) in [6.45, 7) is 8.41. The molecule has 2 aliphatic heterocycles. The van der Waals surface area contributed by atoms with Gasteiger partial charge < -0.3 is 20.2 Å². The van der Waals surface area contributed by atoms with E-state index in [1.807, 2.05) is 23.1 Å². The van der Waals surface area contributed by atoms with Gasteiger partial charge in [-0.15, -0.1) is 0 Å². The van der Waals surface area contributed by atoms with E-state index in [1.165, 1.54) is 12.1 Å². The zero-order chi connectivity index (χ0) is 23.4. The van der Waals surface area contributed by atoms with Gasteiger partial charge in [0.15, 0.2) is 0 Å². The van der Waals surface area contributed by atoms with E-state index in [1.54, 1.807) is 6.07 Å². The second-order valence-corrected chi connectivity index (χ2v) is 8.95. The number of carbonyl (C=O) groups is 2. The van der Waals surface area contributed by atoms with Gasteiger partial charge in [0.1, 0.15) is 5.75 Å². The standard InChI is InChI=1S/C25H29ClN4O3/c1-2-18-4-3-5-21(14-18)29-10-12-30(13-11-29)24(32)17-28-9-8-19(16-28)25(33)27-20-6-7-23(31)22(26)15-20/h2-7,14-15,19,31H,1,8-13,16-17H2,(H,27,33). The number of hydrogen-bond acceptors (Lipinski definition) is 5. The van der Waals surface area contributed by atoms with Crippen LogP contribution < -0.4 is 10.2 Å². The molecule has 2 aromatic carbocycles. The van der Waals surface area contributed by atoms with Crippen molar-refractivity contribution in [1.29, 1.82) is 0 Å². The average Bonchev–Trinajstić information content (AvgIpc) is 3.30. The number of carbonyl (C=O) groups excluding carboxylic acids is 2. The fourth-order valence-electron chi connectivity index (χ4n) is 4.37. The lowest BCUT2D eigenvalue weighted by atomic mass is 10.1. The fourth-order valence-corrected chi connectivity index (χ4v) is 4.55. The van der Waals surface area contributed by atoms with Crippen molar-refractivity contribution >= 4 is 40.9 Å². The van der Waals surface area contributed by atoms with Gasteiger partial charge in [0.2, 0.25) is 11.8 Å². The molecule has 4 rings (SSSR count). The Morgan fingerprint density at radius 2 is 1.91 bits per heavy atom. The molecule has 7 nitrogen and oxygen atoms in total. The number of phenols is 1. The number of likely N-dealkylation sites (tertiary alicyclic amines) is 1. The molecule has 0 aliphatic carbocycles. The number of nitrogens with one attached hydrogen (secondary N) is 1. The highest BCUT2D eigenvalue weighted by molar-refractivity contribution is 6.32. The number of rotatable bonds is 6. The Balaban J connectivity index is 1.23. The summed E-state index contributed by atoms with van der Waals surface area (Å²) in [5.74, 6) is -0.186. The van der Waals surface area contributed by atoms with Gasteiger partial charge in [-0.1, -0.05) is 36.4 Å². The molecule has 2 aliphatic rings. The molecule has 0 bridgehead atoms. The maximum Gasteiger partial charge on any atom is 0.236 e. The maximum atomic E-state index is 12.8. The first-order chi connectivity index (χ1) is 15.9. The van der Waals surface area contributed by atoms with E-state index in [0.29, 0.717) is 44.8 Å². The Morgan fingerprint density at radius 1 is 1.12 bits per heavy atom. The van der Waals surface area contributed by atoms with Gasteiger partial charge >= 0.3 is 0 Å². The molecule has 0 saturated carbocycles. The molecule has 0 aromatic heterocycles. The number of hydrogen-bond donors (Lipinski definition) is 2. The Bertz CT molecular complexity index is 1040. The van der Waals surface area contributed by atoms with E-state index < -0.39 is 0 Å². The summed E-state index contributed by atoms with van der Waals surface area (Å²) in [5, 5.41) is 12.6. The summed E-state index contributed by atoms with van der Waals surface area (Å²) in [5.41, 5.74) is 2.80. The van der Waals surface area contributed by atoms with Crippen LogP contribution in [0, 0.1) is 5.92 Å². The summed E-state index contributed by atoms with van der Waals surface area (Å²) < 4.78 is 0. The highest BCUT2D eigenvalue weighted by atomic mass is 35.5. The van der Waals surface area contributed by atoms with Crippen molar-refractivity contribution in [3.05, 3.63) is 59.6 Å². The van der Waals surface area contributed by atoms with Gasteiger partial charge in [0.05, 0.1) is 17.5 Å². The number of piperazine rings is 1. The van der Waals surface area contributed by atoms with Crippen molar-refractivity contribution in [3.8, 4) is 5.75 Å². The molecule has 174 valence electrons. The summed E-state index contributed by atoms with van der Waals surface area (Å²) in [7, 11) is 0. The van der Waals surface area contributed by atoms with E-state index in [2.05, 4.69) is 33.8 Å². The van der Waals surface area contributed by atoms with Crippen molar-refractivity contribution in [3.63, 3.8) is 0 Å². The Labute approximate surface area is 199 Å². The fraction of sp³-hybridized carbons (Fsp3) is 0.360. The third-order valence-corrected chi connectivity index (χ3v) is 6.62. The first-order valence-electron chi connectivity index (χ1n) is 11.2. The molecule has 0 radical (unpaired) electrons. The molecule has 2 N–H and O–H groups in total. The summed E-state index contributed by atoms with van der Waals surface area (Å²) >= 11 is 5.91.